The van der Waals surface area contributed by atoms with E-state index in [4.69, 9.17) is 0 Å². The smallest absolute Gasteiger partial charge is 0.251 e. The maximum atomic E-state index is 12.4. The van der Waals surface area contributed by atoms with E-state index < -0.39 is 0 Å². The van der Waals surface area contributed by atoms with Crippen LogP contribution in [0.2, 0.25) is 0 Å². The minimum atomic E-state index is -0.120. The van der Waals surface area contributed by atoms with Crippen LogP contribution in [0.5, 0.6) is 0 Å². The molecule has 2 heterocycles. The highest BCUT2D eigenvalue weighted by molar-refractivity contribution is 5.97. The van der Waals surface area contributed by atoms with Crippen LogP contribution in [0.4, 0.5) is 0 Å². The highest BCUT2D eigenvalue weighted by atomic mass is 16.1. The Kier molecular flexibility index (Phi) is 3.09. The predicted molar refractivity (Wildman–Crippen MR) is 95.3 cm³/mol. The number of hydrogen-bond donors (Lipinski definition) is 3. The zero-order chi connectivity index (χ0) is 16.8. The SMILES string of the molecule is O=C(NCc1nc2ccccc2[nH]1)c1ccc2nc(C3CC3)[nH]c2c1. The standard InChI is InChI=1S/C19H17N5O/c25-19(20-10-17-21-13-3-1-2-4-14(13)22-17)12-7-8-15-16(9-12)24-18(23-15)11-5-6-11/h1-4,7-9,11H,5-6,10H2,(H,20,25)(H,21,22)(H,23,24). The van der Waals surface area contributed by atoms with Crippen LogP contribution < -0.4 is 5.32 Å². The lowest BCUT2D eigenvalue weighted by atomic mass is 10.2. The monoisotopic (exact) mass is 331 g/mol. The molecule has 0 radical (unpaired) electrons. The molecule has 1 aliphatic rings. The molecule has 0 unspecified atom stereocenters. The summed E-state index contributed by atoms with van der Waals surface area (Å²) in [6, 6.07) is 13.4. The first-order valence-electron chi connectivity index (χ1n) is 8.48. The number of benzene rings is 2. The Bertz CT molecular complexity index is 1060. The third-order valence-corrected chi connectivity index (χ3v) is 4.58. The fourth-order valence-electron chi connectivity index (χ4n) is 3.08. The van der Waals surface area contributed by atoms with Crippen molar-refractivity contribution in [1.82, 2.24) is 25.3 Å². The van der Waals surface area contributed by atoms with E-state index >= 15 is 0 Å². The van der Waals surface area contributed by atoms with E-state index in [2.05, 4.69) is 25.3 Å². The first-order chi connectivity index (χ1) is 12.3. The number of amides is 1. The zero-order valence-corrected chi connectivity index (χ0v) is 13.5. The number of nitrogens with one attached hydrogen (secondary N) is 3. The summed E-state index contributed by atoms with van der Waals surface area (Å²) in [5, 5.41) is 2.92. The van der Waals surface area contributed by atoms with Gasteiger partial charge in [0.25, 0.3) is 5.91 Å². The second-order valence-corrected chi connectivity index (χ2v) is 6.51. The molecule has 5 rings (SSSR count). The lowest BCUT2D eigenvalue weighted by Gasteiger charge is -2.03. The van der Waals surface area contributed by atoms with Crippen molar-refractivity contribution < 1.29 is 4.79 Å². The molecule has 1 aliphatic carbocycles. The van der Waals surface area contributed by atoms with Gasteiger partial charge >= 0.3 is 0 Å². The van der Waals surface area contributed by atoms with Crippen molar-refractivity contribution in [2.75, 3.05) is 0 Å². The molecule has 6 heteroatoms. The fraction of sp³-hybridized carbons (Fsp3) is 0.211. The Labute approximate surface area is 143 Å². The number of rotatable bonds is 4. The van der Waals surface area contributed by atoms with Gasteiger partial charge in [0.2, 0.25) is 0 Å². The third-order valence-electron chi connectivity index (χ3n) is 4.58. The summed E-state index contributed by atoms with van der Waals surface area (Å²) in [4.78, 5) is 28.1. The first kappa shape index (κ1) is 14.2. The van der Waals surface area contributed by atoms with Gasteiger partial charge < -0.3 is 15.3 Å². The predicted octanol–water partition coefficient (Wildman–Crippen LogP) is 3.25. The Morgan fingerprint density at radius 2 is 1.88 bits per heavy atom. The molecule has 2 aromatic heterocycles. The van der Waals surface area contributed by atoms with Crippen LogP contribution in [0.1, 0.15) is 40.8 Å². The fourth-order valence-corrected chi connectivity index (χ4v) is 3.08. The van der Waals surface area contributed by atoms with E-state index in [1.54, 1.807) is 0 Å². The second kappa shape index (κ2) is 5.44. The number of fused-ring (bicyclic) bond motifs is 2. The summed E-state index contributed by atoms with van der Waals surface area (Å²) in [7, 11) is 0. The maximum Gasteiger partial charge on any atom is 0.251 e. The van der Waals surface area contributed by atoms with Crippen LogP contribution in [0, 0.1) is 0 Å². The molecule has 0 atom stereocenters. The largest absolute Gasteiger partial charge is 0.345 e. The molecule has 4 aromatic rings. The van der Waals surface area contributed by atoms with E-state index in [1.807, 2.05) is 42.5 Å². The molecule has 0 spiro atoms. The van der Waals surface area contributed by atoms with Gasteiger partial charge in [-0.05, 0) is 43.2 Å². The zero-order valence-electron chi connectivity index (χ0n) is 13.5. The Morgan fingerprint density at radius 1 is 1.04 bits per heavy atom. The van der Waals surface area contributed by atoms with Crippen LogP contribution in [-0.2, 0) is 6.54 Å². The van der Waals surface area contributed by atoms with Crippen LogP contribution in [-0.4, -0.2) is 25.8 Å². The normalized spacial score (nSPS) is 14.2. The van der Waals surface area contributed by atoms with Gasteiger partial charge in [-0.3, -0.25) is 4.79 Å². The minimum Gasteiger partial charge on any atom is -0.345 e. The van der Waals surface area contributed by atoms with E-state index in [9.17, 15) is 4.79 Å². The van der Waals surface area contributed by atoms with Crippen molar-refractivity contribution in [3.63, 3.8) is 0 Å². The Morgan fingerprint density at radius 3 is 2.72 bits per heavy atom. The second-order valence-electron chi connectivity index (χ2n) is 6.51. The van der Waals surface area contributed by atoms with Gasteiger partial charge in [-0.25, -0.2) is 9.97 Å². The maximum absolute atomic E-state index is 12.4. The van der Waals surface area contributed by atoms with E-state index in [1.165, 1.54) is 12.8 Å². The van der Waals surface area contributed by atoms with Crippen molar-refractivity contribution in [1.29, 1.82) is 0 Å². The van der Waals surface area contributed by atoms with Crippen LogP contribution in [0.15, 0.2) is 42.5 Å². The molecule has 0 aliphatic heterocycles. The van der Waals surface area contributed by atoms with Crippen LogP contribution >= 0.6 is 0 Å². The number of aromatic nitrogens is 4. The van der Waals surface area contributed by atoms with Gasteiger partial charge in [-0.2, -0.15) is 0 Å². The van der Waals surface area contributed by atoms with E-state index in [0.29, 0.717) is 18.0 Å². The van der Waals surface area contributed by atoms with Crippen molar-refractivity contribution in [2.45, 2.75) is 25.3 Å². The molecule has 1 saturated carbocycles. The molecular weight excluding hydrogens is 314 g/mol. The van der Waals surface area contributed by atoms with E-state index in [0.717, 1.165) is 33.7 Å². The molecule has 25 heavy (non-hydrogen) atoms. The number of H-pyrrole nitrogens is 2. The van der Waals surface area contributed by atoms with Crippen molar-refractivity contribution >= 4 is 28.0 Å². The van der Waals surface area contributed by atoms with Gasteiger partial charge in [-0.15, -0.1) is 0 Å². The van der Waals surface area contributed by atoms with E-state index in [-0.39, 0.29) is 5.91 Å². The minimum absolute atomic E-state index is 0.120. The number of aromatic amines is 2. The lowest BCUT2D eigenvalue weighted by Crippen LogP contribution is -2.23. The number of carbonyl (C=O) groups excluding carboxylic acids is 1. The molecule has 1 amide bonds. The number of nitrogens with zero attached hydrogens (tertiary/aromatic N) is 2. The molecule has 124 valence electrons. The molecular formula is C19H17N5O. The summed E-state index contributed by atoms with van der Waals surface area (Å²) in [6.45, 7) is 0.363. The van der Waals surface area contributed by atoms with Gasteiger partial charge in [-0.1, -0.05) is 12.1 Å². The van der Waals surface area contributed by atoms with Crippen molar-refractivity contribution in [3.05, 3.63) is 59.7 Å². The van der Waals surface area contributed by atoms with Crippen LogP contribution in [0.3, 0.4) is 0 Å². The highest BCUT2D eigenvalue weighted by Gasteiger charge is 2.26. The molecule has 1 fully saturated rings. The van der Waals surface area contributed by atoms with Gasteiger partial charge in [0.05, 0.1) is 28.6 Å². The summed E-state index contributed by atoms with van der Waals surface area (Å²) in [5.74, 6) is 2.23. The quantitative estimate of drug-likeness (QED) is 0.536. The van der Waals surface area contributed by atoms with Crippen LogP contribution in [0.25, 0.3) is 22.1 Å². The van der Waals surface area contributed by atoms with Crippen molar-refractivity contribution in [2.24, 2.45) is 0 Å². The topological polar surface area (TPSA) is 86.5 Å². The van der Waals surface area contributed by atoms with Gasteiger partial charge in [0, 0.05) is 11.5 Å². The summed E-state index contributed by atoms with van der Waals surface area (Å²) < 4.78 is 0. The Balaban J connectivity index is 1.33. The Hall–Kier alpha value is -3.15. The summed E-state index contributed by atoms with van der Waals surface area (Å²) in [6.07, 6.45) is 2.40. The lowest BCUT2D eigenvalue weighted by molar-refractivity contribution is 0.0950. The number of imidazole rings is 2. The molecule has 0 bridgehead atoms. The van der Waals surface area contributed by atoms with Gasteiger partial charge in [0.1, 0.15) is 11.6 Å². The van der Waals surface area contributed by atoms with Crippen molar-refractivity contribution in [3.8, 4) is 0 Å². The third kappa shape index (κ3) is 2.65. The van der Waals surface area contributed by atoms with Gasteiger partial charge in [0.15, 0.2) is 0 Å². The molecule has 0 saturated heterocycles. The molecule has 3 N–H and O–H groups in total. The molecule has 6 nitrogen and oxygen atoms in total. The summed E-state index contributed by atoms with van der Waals surface area (Å²) >= 11 is 0. The number of hydrogen-bond acceptors (Lipinski definition) is 3. The first-order valence-corrected chi connectivity index (χ1v) is 8.48. The number of para-hydroxylation sites is 2. The average molecular weight is 331 g/mol. The number of carbonyl (C=O) groups is 1. The highest BCUT2D eigenvalue weighted by Crippen LogP contribution is 2.39. The molecule has 2 aromatic carbocycles. The summed E-state index contributed by atoms with van der Waals surface area (Å²) in [5.41, 5.74) is 4.32. The average Bonchev–Trinajstić information content (AvgIpc) is 3.26.